The van der Waals surface area contributed by atoms with Gasteiger partial charge in [-0.05, 0) is 101 Å². The van der Waals surface area contributed by atoms with Crippen molar-refractivity contribution in [2.45, 2.75) is 64.5 Å². The molecule has 0 radical (unpaired) electrons. The molecule has 2 aromatic carbocycles. The van der Waals surface area contributed by atoms with E-state index < -0.39 is 0 Å². The molecule has 10 heteroatoms. The highest BCUT2D eigenvalue weighted by molar-refractivity contribution is 5.97. The normalized spacial score (nSPS) is 21.9. The highest BCUT2D eigenvalue weighted by Gasteiger charge is 2.31. The van der Waals surface area contributed by atoms with Gasteiger partial charge in [-0.3, -0.25) is 9.59 Å². The molecule has 4 atom stereocenters. The number of nitrogens with one attached hydrogen (secondary N) is 2. The summed E-state index contributed by atoms with van der Waals surface area (Å²) in [5.74, 6) is -0.0600. The topological polar surface area (TPSA) is 159 Å². The van der Waals surface area contributed by atoms with Crippen LogP contribution in [0.1, 0.15) is 63.5 Å². The van der Waals surface area contributed by atoms with Crippen LogP contribution < -0.4 is 16.4 Å². The van der Waals surface area contributed by atoms with Gasteiger partial charge in [0.1, 0.15) is 0 Å². The third kappa shape index (κ3) is 8.90. The molecule has 0 aliphatic heterocycles. The van der Waals surface area contributed by atoms with Gasteiger partial charge >= 0.3 is 11.9 Å². The van der Waals surface area contributed by atoms with E-state index in [1.165, 1.54) is 0 Å². The quantitative estimate of drug-likeness (QED) is 0.115. The maximum Gasteiger partial charge on any atom is 0.308 e. The SMILES string of the molecule is CCOC(=O)[C@H]1CC[C@@H](Nc2ccc(/C(N)=N/O)cc2)C1.CCOC(=O)[C@H]1CC[C@@H](Nc2ccc(C#N)cc2)C1. The lowest BCUT2D eigenvalue weighted by atomic mass is 10.1. The Labute approximate surface area is 235 Å². The van der Waals surface area contributed by atoms with Crippen molar-refractivity contribution in [3.05, 3.63) is 59.7 Å². The van der Waals surface area contributed by atoms with E-state index in [2.05, 4.69) is 21.9 Å². The van der Waals surface area contributed by atoms with Crippen molar-refractivity contribution >= 4 is 29.1 Å². The third-order valence-corrected chi connectivity index (χ3v) is 7.15. The number of nitriles is 1. The van der Waals surface area contributed by atoms with Crippen molar-refractivity contribution in [3.63, 3.8) is 0 Å². The molecule has 2 aliphatic carbocycles. The number of ether oxygens (including phenoxy) is 2. The molecule has 0 saturated heterocycles. The van der Waals surface area contributed by atoms with Crippen LogP contribution in [0.3, 0.4) is 0 Å². The van der Waals surface area contributed by atoms with Crippen molar-refractivity contribution in [3.8, 4) is 6.07 Å². The molecule has 5 N–H and O–H groups in total. The molecule has 10 nitrogen and oxygen atoms in total. The maximum atomic E-state index is 11.7. The third-order valence-electron chi connectivity index (χ3n) is 7.15. The van der Waals surface area contributed by atoms with Crippen LogP contribution in [-0.4, -0.2) is 48.3 Å². The summed E-state index contributed by atoms with van der Waals surface area (Å²) in [4.78, 5) is 23.3. The number of rotatable bonds is 9. The van der Waals surface area contributed by atoms with Gasteiger partial charge in [-0.2, -0.15) is 5.26 Å². The average molecular weight is 550 g/mol. The molecule has 214 valence electrons. The zero-order valence-corrected chi connectivity index (χ0v) is 23.1. The Bertz CT molecular complexity index is 1180. The van der Waals surface area contributed by atoms with Gasteiger partial charge in [0.15, 0.2) is 5.84 Å². The smallest absolute Gasteiger partial charge is 0.308 e. The summed E-state index contributed by atoms with van der Waals surface area (Å²) in [5, 5.41) is 27.1. The summed E-state index contributed by atoms with van der Waals surface area (Å²) in [6.07, 6.45) is 5.28. The second-order valence-corrected chi connectivity index (χ2v) is 9.96. The molecule has 0 aromatic heterocycles. The number of benzene rings is 2. The van der Waals surface area contributed by atoms with Crippen molar-refractivity contribution in [2.24, 2.45) is 22.7 Å². The van der Waals surface area contributed by atoms with Gasteiger partial charge in [0.2, 0.25) is 0 Å². The zero-order chi connectivity index (χ0) is 28.9. The number of nitrogens with zero attached hydrogens (tertiary/aromatic N) is 2. The molecule has 2 aliphatic rings. The van der Waals surface area contributed by atoms with Crippen LogP contribution >= 0.6 is 0 Å². The van der Waals surface area contributed by atoms with E-state index in [1.54, 1.807) is 24.3 Å². The largest absolute Gasteiger partial charge is 0.466 e. The number of esters is 2. The molecule has 2 fully saturated rings. The molecule has 0 amide bonds. The Morgan fingerprint density at radius 3 is 1.73 bits per heavy atom. The lowest BCUT2D eigenvalue weighted by Gasteiger charge is -2.14. The predicted molar refractivity (Wildman–Crippen MR) is 153 cm³/mol. The summed E-state index contributed by atoms with van der Waals surface area (Å²) in [7, 11) is 0. The van der Waals surface area contributed by atoms with E-state index in [0.29, 0.717) is 30.4 Å². The molecule has 40 heavy (non-hydrogen) atoms. The Morgan fingerprint density at radius 1 is 0.875 bits per heavy atom. The van der Waals surface area contributed by atoms with Gasteiger partial charge in [0, 0.05) is 29.0 Å². The minimum Gasteiger partial charge on any atom is -0.466 e. The summed E-state index contributed by atoms with van der Waals surface area (Å²) in [6.45, 7) is 4.54. The van der Waals surface area contributed by atoms with E-state index in [-0.39, 0.29) is 35.7 Å². The molecular weight excluding hydrogens is 510 g/mol. The number of anilines is 2. The van der Waals surface area contributed by atoms with Crippen LogP contribution in [0, 0.1) is 23.2 Å². The number of oxime groups is 1. The summed E-state index contributed by atoms with van der Waals surface area (Å²) in [5.41, 5.74) is 8.79. The van der Waals surface area contributed by atoms with Gasteiger partial charge in [0.25, 0.3) is 0 Å². The maximum absolute atomic E-state index is 11.7. The molecule has 0 spiro atoms. The average Bonchev–Trinajstić information content (AvgIpc) is 3.64. The van der Waals surface area contributed by atoms with Crippen LogP contribution in [0.15, 0.2) is 53.7 Å². The fraction of sp³-hybridized carbons (Fsp3) is 0.467. The summed E-state index contributed by atoms with van der Waals surface area (Å²) in [6, 6.07) is 17.4. The molecule has 2 saturated carbocycles. The van der Waals surface area contributed by atoms with Crippen LogP contribution in [-0.2, 0) is 19.1 Å². The highest BCUT2D eigenvalue weighted by Crippen LogP contribution is 2.30. The molecule has 4 rings (SSSR count). The van der Waals surface area contributed by atoms with Crippen LogP contribution in [0.4, 0.5) is 11.4 Å². The van der Waals surface area contributed by atoms with Crippen LogP contribution in [0.5, 0.6) is 0 Å². The Morgan fingerprint density at radius 2 is 1.32 bits per heavy atom. The minimum atomic E-state index is -0.0934. The predicted octanol–water partition coefficient (Wildman–Crippen LogP) is 4.63. The van der Waals surface area contributed by atoms with Crippen molar-refractivity contribution in [1.29, 1.82) is 5.26 Å². The molecule has 2 aromatic rings. The molecule has 0 heterocycles. The number of carbonyl (C=O) groups is 2. The fourth-order valence-electron chi connectivity index (χ4n) is 5.08. The van der Waals surface area contributed by atoms with Crippen LogP contribution in [0.2, 0.25) is 0 Å². The van der Waals surface area contributed by atoms with Gasteiger partial charge in [-0.15, -0.1) is 0 Å². The van der Waals surface area contributed by atoms with Crippen LogP contribution in [0.25, 0.3) is 0 Å². The Balaban J connectivity index is 0.000000222. The molecular formula is C30H39N5O5. The highest BCUT2D eigenvalue weighted by atomic mass is 16.5. The lowest BCUT2D eigenvalue weighted by Crippen LogP contribution is -2.19. The summed E-state index contributed by atoms with van der Waals surface area (Å²) >= 11 is 0. The minimum absolute atomic E-state index is 0.00103. The molecule has 0 unspecified atom stereocenters. The van der Waals surface area contributed by atoms with E-state index >= 15 is 0 Å². The van der Waals surface area contributed by atoms with Gasteiger partial charge < -0.3 is 31.0 Å². The van der Waals surface area contributed by atoms with E-state index in [1.807, 2.05) is 38.1 Å². The first kappa shape index (κ1) is 30.3. The number of amidine groups is 1. The number of hydrogen-bond acceptors (Lipinski definition) is 9. The van der Waals surface area contributed by atoms with Crippen molar-refractivity contribution in [1.82, 2.24) is 0 Å². The summed E-state index contributed by atoms with van der Waals surface area (Å²) < 4.78 is 10.1. The molecule has 0 bridgehead atoms. The van der Waals surface area contributed by atoms with Gasteiger partial charge in [0.05, 0.1) is 36.7 Å². The fourth-order valence-corrected chi connectivity index (χ4v) is 5.08. The number of nitrogens with two attached hydrogens (primary N) is 1. The van der Waals surface area contributed by atoms with Crippen molar-refractivity contribution < 1.29 is 24.3 Å². The van der Waals surface area contributed by atoms with Gasteiger partial charge in [-0.1, -0.05) is 5.16 Å². The van der Waals surface area contributed by atoms with E-state index in [0.717, 1.165) is 49.9 Å². The van der Waals surface area contributed by atoms with E-state index in [9.17, 15) is 9.59 Å². The Kier molecular flexibility index (Phi) is 11.6. The Hall–Kier alpha value is -4.26. The van der Waals surface area contributed by atoms with Gasteiger partial charge in [-0.25, -0.2) is 0 Å². The first-order valence-corrected chi connectivity index (χ1v) is 13.8. The first-order chi connectivity index (χ1) is 19.4. The zero-order valence-electron chi connectivity index (χ0n) is 23.1. The monoisotopic (exact) mass is 549 g/mol. The van der Waals surface area contributed by atoms with Crippen molar-refractivity contribution in [2.75, 3.05) is 23.8 Å². The van der Waals surface area contributed by atoms with E-state index in [4.69, 9.17) is 25.7 Å². The lowest BCUT2D eigenvalue weighted by molar-refractivity contribution is -0.148. The standard InChI is InChI=1S/C15H21N3O3.C15H18N2O2/c1-2-21-15(19)11-5-8-13(9-11)17-12-6-3-10(4-7-12)14(16)18-20;1-2-19-15(18)12-5-8-14(9-12)17-13-6-3-11(10-16)4-7-13/h3-4,6-7,11,13,17,20H,2,5,8-9H2,1H3,(H2,16,18);3-4,6-7,12,14,17H,2,5,8-9H2,1H3/t11-,13+;12-,14+/m00/s1. The second kappa shape index (κ2) is 15.4. The first-order valence-electron chi connectivity index (χ1n) is 13.8. The second-order valence-electron chi connectivity index (χ2n) is 9.96. The number of carbonyl (C=O) groups excluding carboxylic acids is 2. The number of hydrogen-bond donors (Lipinski definition) is 4.